The van der Waals surface area contributed by atoms with Crippen LogP contribution in [0.1, 0.15) is 5.56 Å². The maximum absolute atomic E-state index is 13.5. The van der Waals surface area contributed by atoms with E-state index in [-0.39, 0.29) is 11.2 Å². The third-order valence-corrected chi connectivity index (χ3v) is 4.14. The van der Waals surface area contributed by atoms with Crippen LogP contribution in [0.5, 0.6) is 5.75 Å². The minimum absolute atomic E-state index is 0.211. The van der Waals surface area contributed by atoms with E-state index in [2.05, 4.69) is 4.98 Å². The van der Waals surface area contributed by atoms with E-state index in [4.69, 9.17) is 5.26 Å². The first kappa shape index (κ1) is 19.1. The Hall–Kier alpha value is -3.69. The molecule has 3 aromatic carbocycles. The number of aromatic hydroxyl groups is 1. The Morgan fingerprint density at radius 2 is 1.68 bits per heavy atom. The fourth-order valence-electron chi connectivity index (χ4n) is 2.74. The number of aromatic nitrogens is 1. The fraction of sp³-hybridized carbons (Fsp3) is 0. The SMILES string of the molecule is N#Cc1cccc(B(O)c2ccccc2F)c1.Oc1cccc2cccnc12. The summed E-state index contributed by atoms with van der Waals surface area (Å²) in [5.74, 6) is -0.217. The van der Waals surface area contributed by atoms with Crippen molar-refractivity contribution in [2.24, 2.45) is 0 Å². The van der Waals surface area contributed by atoms with Crippen molar-refractivity contribution in [1.82, 2.24) is 4.98 Å². The summed E-state index contributed by atoms with van der Waals surface area (Å²) in [6.07, 6.45) is 1.67. The second kappa shape index (κ2) is 8.80. The number of phenolic OH excluding ortho intramolecular Hbond substituents is 1. The number of hydrogen-bond donors (Lipinski definition) is 2. The summed E-state index contributed by atoms with van der Waals surface area (Å²) in [4.78, 5) is 4.03. The number of phenols is 1. The van der Waals surface area contributed by atoms with Crippen LogP contribution in [0.3, 0.4) is 0 Å². The highest BCUT2D eigenvalue weighted by atomic mass is 19.1. The Morgan fingerprint density at radius 3 is 2.43 bits per heavy atom. The summed E-state index contributed by atoms with van der Waals surface area (Å²) in [7, 11) is 0. The van der Waals surface area contributed by atoms with Crippen LogP contribution in [0.4, 0.5) is 4.39 Å². The number of fused-ring (bicyclic) bond motifs is 1. The highest BCUT2D eigenvalue weighted by Gasteiger charge is 2.20. The Labute approximate surface area is 162 Å². The number of rotatable bonds is 2. The lowest BCUT2D eigenvalue weighted by Crippen LogP contribution is -2.44. The average Bonchev–Trinajstić information content (AvgIpc) is 2.74. The zero-order valence-corrected chi connectivity index (χ0v) is 14.8. The summed E-state index contributed by atoms with van der Waals surface area (Å²) in [5.41, 5.74) is 1.82. The molecule has 6 heteroatoms. The van der Waals surface area contributed by atoms with Gasteiger partial charge in [-0.05, 0) is 41.3 Å². The van der Waals surface area contributed by atoms with Crippen LogP contribution in [0.25, 0.3) is 10.9 Å². The largest absolute Gasteiger partial charge is 0.506 e. The van der Waals surface area contributed by atoms with Gasteiger partial charge in [-0.3, -0.25) is 4.98 Å². The lowest BCUT2D eigenvalue weighted by Gasteiger charge is -2.08. The van der Waals surface area contributed by atoms with Gasteiger partial charge in [-0.15, -0.1) is 0 Å². The number of pyridine rings is 1. The summed E-state index contributed by atoms with van der Waals surface area (Å²) < 4.78 is 13.5. The van der Waals surface area contributed by atoms with Gasteiger partial charge in [0.25, 0.3) is 0 Å². The van der Waals surface area contributed by atoms with Crippen molar-refractivity contribution in [1.29, 1.82) is 5.26 Å². The minimum atomic E-state index is -1.05. The van der Waals surface area contributed by atoms with Gasteiger partial charge in [0.1, 0.15) is 17.1 Å². The summed E-state index contributed by atoms with van der Waals surface area (Å²) in [5, 5.41) is 29.1. The molecule has 1 heterocycles. The Bertz CT molecular complexity index is 1140. The summed E-state index contributed by atoms with van der Waals surface area (Å²) in [6.45, 7) is -1.05. The van der Waals surface area contributed by atoms with Crippen molar-refractivity contribution >= 4 is 28.7 Å². The average molecular weight is 370 g/mol. The second-order valence-corrected chi connectivity index (χ2v) is 6.01. The lowest BCUT2D eigenvalue weighted by atomic mass is 9.55. The van der Waals surface area contributed by atoms with Gasteiger partial charge >= 0.3 is 6.92 Å². The van der Waals surface area contributed by atoms with Gasteiger partial charge in [-0.2, -0.15) is 5.26 Å². The third kappa shape index (κ3) is 4.34. The van der Waals surface area contributed by atoms with Gasteiger partial charge in [-0.1, -0.05) is 48.5 Å². The number of nitriles is 1. The van der Waals surface area contributed by atoms with E-state index in [9.17, 15) is 14.5 Å². The number of hydrogen-bond acceptors (Lipinski definition) is 4. The van der Waals surface area contributed by atoms with Gasteiger partial charge in [0.2, 0.25) is 0 Å². The van der Waals surface area contributed by atoms with E-state index in [1.54, 1.807) is 54.7 Å². The fourth-order valence-corrected chi connectivity index (χ4v) is 2.74. The molecule has 0 bridgehead atoms. The van der Waals surface area contributed by atoms with Crippen molar-refractivity contribution in [3.63, 3.8) is 0 Å². The topological polar surface area (TPSA) is 77.1 Å². The van der Waals surface area contributed by atoms with Crippen LogP contribution in [0.15, 0.2) is 85.1 Å². The standard InChI is InChI=1S/C13H9BFNO.C9H7NO/c15-13-7-2-1-6-12(13)14(17)11-5-3-4-10(8-11)9-16;11-8-5-1-3-7-4-2-6-10-9(7)8/h1-8,17H;1-6,11H. The molecule has 2 N–H and O–H groups in total. The smallest absolute Gasteiger partial charge is 0.361 e. The quantitative estimate of drug-likeness (QED) is 0.532. The molecular weight excluding hydrogens is 354 g/mol. The number of halogens is 1. The molecular formula is C22H16BFN2O2. The highest BCUT2D eigenvalue weighted by Crippen LogP contribution is 2.20. The normalized spacial score (nSPS) is 9.89. The minimum Gasteiger partial charge on any atom is -0.506 e. The Kier molecular flexibility index (Phi) is 6.00. The molecule has 0 aliphatic heterocycles. The van der Waals surface area contributed by atoms with Gasteiger partial charge in [-0.25, -0.2) is 4.39 Å². The van der Waals surface area contributed by atoms with Crippen LogP contribution >= 0.6 is 0 Å². The van der Waals surface area contributed by atoms with Crippen LogP contribution < -0.4 is 10.9 Å². The molecule has 0 atom stereocenters. The van der Waals surface area contributed by atoms with Gasteiger partial charge < -0.3 is 10.1 Å². The molecule has 0 saturated carbocycles. The lowest BCUT2D eigenvalue weighted by molar-refractivity contribution is 0.480. The maximum Gasteiger partial charge on any atom is 0.361 e. The van der Waals surface area contributed by atoms with Crippen molar-refractivity contribution < 1.29 is 14.5 Å². The van der Waals surface area contributed by atoms with Crippen molar-refractivity contribution in [3.05, 3.63) is 96.4 Å². The Balaban J connectivity index is 0.000000176. The van der Waals surface area contributed by atoms with E-state index in [0.29, 0.717) is 16.5 Å². The van der Waals surface area contributed by atoms with Crippen molar-refractivity contribution in [2.45, 2.75) is 0 Å². The van der Waals surface area contributed by atoms with Crippen LogP contribution in [-0.2, 0) is 0 Å². The molecule has 0 aliphatic rings. The molecule has 4 rings (SSSR count). The molecule has 28 heavy (non-hydrogen) atoms. The first-order valence-corrected chi connectivity index (χ1v) is 8.55. The maximum atomic E-state index is 13.5. The molecule has 0 spiro atoms. The first-order chi connectivity index (χ1) is 13.6. The van der Waals surface area contributed by atoms with Crippen LogP contribution in [-0.4, -0.2) is 22.0 Å². The number of para-hydroxylation sites is 1. The van der Waals surface area contributed by atoms with Gasteiger partial charge in [0.05, 0.1) is 11.6 Å². The molecule has 0 fully saturated rings. The molecule has 0 amide bonds. The van der Waals surface area contributed by atoms with Gasteiger partial charge in [0.15, 0.2) is 0 Å². The number of benzene rings is 3. The monoisotopic (exact) mass is 370 g/mol. The molecule has 0 radical (unpaired) electrons. The molecule has 4 nitrogen and oxygen atoms in total. The second-order valence-electron chi connectivity index (χ2n) is 6.01. The molecule has 1 aromatic heterocycles. The van der Waals surface area contributed by atoms with Crippen molar-refractivity contribution in [2.75, 3.05) is 0 Å². The van der Waals surface area contributed by atoms with E-state index in [1.807, 2.05) is 24.3 Å². The highest BCUT2D eigenvalue weighted by molar-refractivity contribution is 6.79. The van der Waals surface area contributed by atoms with Crippen LogP contribution in [0, 0.1) is 17.1 Å². The molecule has 0 saturated heterocycles. The predicted molar refractivity (Wildman–Crippen MR) is 108 cm³/mol. The predicted octanol–water partition coefficient (Wildman–Crippen LogP) is 2.74. The van der Waals surface area contributed by atoms with E-state index >= 15 is 0 Å². The zero-order valence-electron chi connectivity index (χ0n) is 14.8. The van der Waals surface area contributed by atoms with E-state index in [0.717, 1.165) is 5.39 Å². The summed E-state index contributed by atoms with van der Waals surface area (Å²) in [6, 6.07) is 23.7. The van der Waals surface area contributed by atoms with Crippen LogP contribution in [0.2, 0.25) is 0 Å². The molecule has 4 aromatic rings. The zero-order chi connectivity index (χ0) is 19.9. The Morgan fingerprint density at radius 1 is 0.929 bits per heavy atom. The van der Waals surface area contributed by atoms with Crippen molar-refractivity contribution in [3.8, 4) is 11.8 Å². The number of nitrogens with zero attached hydrogens (tertiary/aromatic N) is 2. The van der Waals surface area contributed by atoms with E-state index < -0.39 is 12.7 Å². The van der Waals surface area contributed by atoms with E-state index in [1.165, 1.54) is 12.1 Å². The first-order valence-electron chi connectivity index (χ1n) is 8.55. The summed E-state index contributed by atoms with van der Waals surface area (Å²) >= 11 is 0. The molecule has 0 unspecified atom stereocenters. The molecule has 0 aliphatic carbocycles. The van der Waals surface area contributed by atoms with Gasteiger partial charge in [0, 0.05) is 11.6 Å². The molecule has 136 valence electrons. The third-order valence-electron chi connectivity index (χ3n) is 4.14.